The summed E-state index contributed by atoms with van der Waals surface area (Å²) in [5.41, 5.74) is 2.77. The van der Waals surface area contributed by atoms with Gasteiger partial charge in [0.05, 0.1) is 7.11 Å². The molecule has 166 valence electrons. The van der Waals surface area contributed by atoms with Crippen molar-refractivity contribution in [2.75, 3.05) is 26.7 Å². The second kappa shape index (κ2) is 9.33. The van der Waals surface area contributed by atoms with Gasteiger partial charge in [-0.15, -0.1) is 0 Å². The summed E-state index contributed by atoms with van der Waals surface area (Å²) in [7, 11) is 1.71. The first-order chi connectivity index (χ1) is 15.2. The lowest BCUT2D eigenvalue weighted by Crippen LogP contribution is -2.49. The molecule has 1 aromatic carbocycles. The molecule has 3 fully saturated rings. The fourth-order valence-corrected chi connectivity index (χ4v) is 6.84. The molecule has 5 rings (SSSR count). The number of fused-ring (bicyclic) bond motifs is 1. The minimum absolute atomic E-state index is 0.271. The Morgan fingerprint density at radius 3 is 2.58 bits per heavy atom. The van der Waals surface area contributed by atoms with E-state index < -0.39 is 0 Å². The topological polar surface area (TPSA) is 32.8 Å². The van der Waals surface area contributed by atoms with Gasteiger partial charge in [0.2, 0.25) is 5.91 Å². The van der Waals surface area contributed by atoms with Crippen LogP contribution >= 0.6 is 11.3 Å². The highest BCUT2D eigenvalue weighted by molar-refractivity contribution is 7.08. The Morgan fingerprint density at radius 1 is 1.06 bits per heavy atom. The van der Waals surface area contributed by atoms with E-state index in [1.807, 2.05) is 0 Å². The minimum atomic E-state index is 0.271. The van der Waals surface area contributed by atoms with Gasteiger partial charge in [0.25, 0.3) is 0 Å². The van der Waals surface area contributed by atoms with Crippen LogP contribution in [0, 0.1) is 11.8 Å². The van der Waals surface area contributed by atoms with E-state index in [4.69, 9.17) is 4.74 Å². The SMILES string of the molecule is COc1ccc(CN2CC[C@@H]3[C@H](C2)[C@@H](c2ccsc2)CN3C(=O)C2CCCCC2)cc1. The average Bonchev–Trinajstić information content (AvgIpc) is 3.47. The van der Waals surface area contributed by atoms with E-state index in [0.29, 0.717) is 23.8 Å². The third-order valence-corrected chi connectivity index (χ3v) is 8.49. The quantitative estimate of drug-likeness (QED) is 0.647. The number of benzene rings is 1. The number of hydrogen-bond donors (Lipinski definition) is 0. The van der Waals surface area contributed by atoms with Crippen molar-refractivity contribution in [3.05, 3.63) is 52.2 Å². The van der Waals surface area contributed by atoms with E-state index in [-0.39, 0.29) is 5.92 Å². The Labute approximate surface area is 190 Å². The number of methoxy groups -OCH3 is 1. The standard InChI is InChI=1S/C26H34N2O2S/c1-30-22-9-7-19(8-10-22)15-27-13-11-25-24(16-27)23(21-12-14-31-18-21)17-28(25)26(29)20-5-3-2-4-6-20/h7-10,12,14,18,20,23-25H,2-6,11,13,15-17H2,1H3/t23-,24-,25-/m1/s1. The molecule has 1 amide bonds. The fourth-order valence-electron chi connectivity index (χ4n) is 6.11. The fraction of sp³-hybridized carbons (Fsp3) is 0.577. The zero-order chi connectivity index (χ0) is 21.2. The molecule has 5 heteroatoms. The van der Waals surface area contributed by atoms with Crippen molar-refractivity contribution in [2.24, 2.45) is 11.8 Å². The first kappa shape index (κ1) is 21.0. The number of hydrogen-bond acceptors (Lipinski definition) is 4. The lowest BCUT2D eigenvalue weighted by Gasteiger charge is -2.40. The molecule has 2 saturated heterocycles. The maximum atomic E-state index is 13.5. The summed E-state index contributed by atoms with van der Waals surface area (Å²) in [6.45, 7) is 4.03. The van der Waals surface area contributed by atoms with Crippen molar-refractivity contribution in [3.63, 3.8) is 0 Å². The van der Waals surface area contributed by atoms with Gasteiger partial charge in [-0.3, -0.25) is 9.69 Å². The van der Waals surface area contributed by atoms with Crippen LogP contribution in [0.3, 0.4) is 0 Å². The molecule has 2 aliphatic heterocycles. The molecule has 4 nitrogen and oxygen atoms in total. The van der Waals surface area contributed by atoms with E-state index in [1.54, 1.807) is 18.4 Å². The number of thiophene rings is 1. The summed E-state index contributed by atoms with van der Waals surface area (Å²) in [4.78, 5) is 18.4. The number of carbonyl (C=O) groups is 1. The molecule has 0 unspecified atom stereocenters. The van der Waals surface area contributed by atoms with Crippen LogP contribution in [0.15, 0.2) is 41.1 Å². The number of likely N-dealkylation sites (tertiary alicyclic amines) is 2. The number of piperidine rings is 1. The zero-order valence-electron chi connectivity index (χ0n) is 18.5. The van der Waals surface area contributed by atoms with E-state index in [1.165, 1.54) is 30.4 Å². The van der Waals surface area contributed by atoms with Gasteiger partial charge in [-0.05, 0) is 59.3 Å². The number of rotatable bonds is 5. The third kappa shape index (κ3) is 4.40. The Bertz CT molecular complexity index is 860. The Kier molecular flexibility index (Phi) is 6.33. The second-order valence-corrected chi connectivity index (χ2v) is 10.4. The predicted molar refractivity (Wildman–Crippen MR) is 126 cm³/mol. The van der Waals surface area contributed by atoms with Crippen molar-refractivity contribution in [3.8, 4) is 5.75 Å². The van der Waals surface area contributed by atoms with Gasteiger partial charge in [0, 0.05) is 50.0 Å². The largest absolute Gasteiger partial charge is 0.497 e. The molecule has 0 bridgehead atoms. The van der Waals surface area contributed by atoms with Gasteiger partial charge in [0.1, 0.15) is 5.75 Å². The number of nitrogens with zero attached hydrogens (tertiary/aromatic N) is 2. The van der Waals surface area contributed by atoms with Crippen LogP contribution < -0.4 is 4.74 Å². The number of carbonyl (C=O) groups excluding carboxylic acids is 1. The highest BCUT2D eigenvalue weighted by Crippen LogP contribution is 2.43. The van der Waals surface area contributed by atoms with E-state index >= 15 is 0 Å². The lowest BCUT2D eigenvalue weighted by atomic mass is 9.82. The van der Waals surface area contributed by atoms with Crippen molar-refractivity contribution < 1.29 is 9.53 Å². The van der Waals surface area contributed by atoms with Crippen LogP contribution in [0.25, 0.3) is 0 Å². The van der Waals surface area contributed by atoms with Crippen LogP contribution in [0.2, 0.25) is 0 Å². The Hall–Kier alpha value is -1.85. The molecule has 1 aromatic heterocycles. The van der Waals surface area contributed by atoms with E-state index in [9.17, 15) is 4.79 Å². The summed E-state index contributed by atoms with van der Waals surface area (Å²) >= 11 is 1.78. The molecule has 2 aromatic rings. The highest BCUT2D eigenvalue weighted by atomic mass is 32.1. The van der Waals surface area contributed by atoms with Gasteiger partial charge < -0.3 is 9.64 Å². The molecule has 3 aliphatic rings. The molecule has 3 atom stereocenters. The maximum absolute atomic E-state index is 13.5. The van der Waals surface area contributed by atoms with Crippen LogP contribution in [0.4, 0.5) is 0 Å². The van der Waals surface area contributed by atoms with Crippen molar-refractivity contribution in [1.29, 1.82) is 0 Å². The van der Waals surface area contributed by atoms with Crippen LogP contribution in [0.5, 0.6) is 5.75 Å². The highest BCUT2D eigenvalue weighted by Gasteiger charge is 2.48. The summed E-state index contributed by atoms with van der Waals surface area (Å²) in [6, 6.07) is 11.1. The van der Waals surface area contributed by atoms with Crippen LogP contribution in [-0.4, -0.2) is 48.5 Å². The van der Waals surface area contributed by atoms with Gasteiger partial charge >= 0.3 is 0 Å². The van der Waals surface area contributed by atoms with Crippen molar-refractivity contribution in [2.45, 2.75) is 57.0 Å². The summed E-state index contributed by atoms with van der Waals surface area (Å²) in [6.07, 6.45) is 7.04. The number of amides is 1. The Morgan fingerprint density at radius 2 is 1.87 bits per heavy atom. The van der Waals surface area contributed by atoms with E-state index in [2.05, 4.69) is 50.9 Å². The summed E-state index contributed by atoms with van der Waals surface area (Å²) in [5.74, 6) is 2.65. The predicted octanol–water partition coefficient (Wildman–Crippen LogP) is 5.15. The minimum Gasteiger partial charge on any atom is -0.497 e. The summed E-state index contributed by atoms with van der Waals surface area (Å²) < 4.78 is 5.31. The van der Waals surface area contributed by atoms with Gasteiger partial charge in [0.15, 0.2) is 0 Å². The first-order valence-electron chi connectivity index (χ1n) is 11.9. The molecule has 31 heavy (non-hydrogen) atoms. The average molecular weight is 439 g/mol. The summed E-state index contributed by atoms with van der Waals surface area (Å²) in [5, 5.41) is 4.49. The molecule has 0 spiro atoms. The zero-order valence-corrected chi connectivity index (χ0v) is 19.4. The lowest BCUT2D eigenvalue weighted by molar-refractivity contribution is -0.138. The monoisotopic (exact) mass is 438 g/mol. The second-order valence-electron chi connectivity index (χ2n) is 9.59. The number of ether oxygens (including phenoxy) is 1. The van der Waals surface area contributed by atoms with E-state index in [0.717, 1.165) is 51.2 Å². The molecule has 1 aliphatic carbocycles. The third-order valence-electron chi connectivity index (χ3n) is 7.79. The van der Waals surface area contributed by atoms with Crippen molar-refractivity contribution in [1.82, 2.24) is 9.80 Å². The molecule has 3 heterocycles. The van der Waals surface area contributed by atoms with Crippen LogP contribution in [-0.2, 0) is 11.3 Å². The smallest absolute Gasteiger partial charge is 0.225 e. The van der Waals surface area contributed by atoms with Crippen molar-refractivity contribution >= 4 is 17.2 Å². The molecule has 1 saturated carbocycles. The Balaban J connectivity index is 1.32. The molecule has 0 N–H and O–H groups in total. The van der Waals surface area contributed by atoms with Gasteiger partial charge in [-0.25, -0.2) is 0 Å². The molecule has 0 radical (unpaired) electrons. The maximum Gasteiger partial charge on any atom is 0.225 e. The first-order valence-corrected chi connectivity index (χ1v) is 12.8. The molecular formula is C26H34N2O2S. The van der Waals surface area contributed by atoms with Gasteiger partial charge in [-0.1, -0.05) is 31.4 Å². The van der Waals surface area contributed by atoms with Gasteiger partial charge in [-0.2, -0.15) is 11.3 Å². The molecular weight excluding hydrogens is 404 g/mol. The van der Waals surface area contributed by atoms with Crippen LogP contribution in [0.1, 0.15) is 55.6 Å². The normalized spacial score (nSPS) is 27.3.